The summed E-state index contributed by atoms with van der Waals surface area (Å²) in [6.45, 7) is 0.723. The molecule has 1 aliphatic rings. The van der Waals surface area contributed by atoms with E-state index < -0.39 is 0 Å². The van der Waals surface area contributed by atoms with Crippen LogP contribution in [-0.4, -0.2) is 36.6 Å². The molecule has 144 valence electrons. The molecule has 0 aromatic carbocycles. The predicted molar refractivity (Wildman–Crippen MR) is 108 cm³/mol. The van der Waals surface area contributed by atoms with Crippen LogP contribution in [0.25, 0.3) is 22.1 Å². The number of nitrogens with one attached hydrogen (secondary N) is 2. The molecule has 4 aromatic heterocycles. The molecule has 28 heavy (non-hydrogen) atoms. The molecule has 4 aromatic rings. The Bertz CT molecular complexity index is 1110. The maximum atomic E-state index is 6.04. The molecule has 0 unspecified atom stereocenters. The minimum atomic E-state index is 0.616. The third-order valence-electron chi connectivity index (χ3n) is 5.44. The Morgan fingerprint density at radius 3 is 3.04 bits per heavy atom. The fourth-order valence-corrected chi connectivity index (χ4v) is 3.91. The summed E-state index contributed by atoms with van der Waals surface area (Å²) >= 11 is 0. The van der Waals surface area contributed by atoms with Gasteiger partial charge in [0.2, 0.25) is 0 Å². The van der Waals surface area contributed by atoms with Crippen molar-refractivity contribution in [3.05, 3.63) is 30.6 Å². The highest BCUT2D eigenvalue weighted by molar-refractivity contribution is 5.90. The van der Waals surface area contributed by atoms with Crippen molar-refractivity contribution in [2.75, 3.05) is 11.9 Å². The summed E-state index contributed by atoms with van der Waals surface area (Å²) in [7, 11) is 1.91. The number of nitrogens with zero attached hydrogens (tertiary/aromatic N) is 5. The monoisotopic (exact) mass is 377 g/mol. The van der Waals surface area contributed by atoms with Gasteiger partial charge in [-0.05, 0) is 37.0 Å². The number of anilines is 2. The van der Waals surface area contributed by atoms with Crippen molar-refractivity contribution >= 4 is 33.6 Å². The van der Waals surface area contributed by atoms with E-state index >= 15 is 0 Å². The maximum absolute atomic E-state index is 6.04. The van der Waals surface area contributed by atoms with Gasteiger partial charge in [-0.1, -0.05) is 19.3 Å². The first-order valence-corrected chi connectivity index (χ1v) is 9.79. The molecule has 0 bridgehead atoms. The SMILES string of the molecule is Cn1nc(OCC2CCCCC2)c2ncc(Nc3[nH]nc4ncccc34)cc21. The molecule has 5 rings (SSSR count). The van der Waals surface area contributed by atoms with Gasteiger partial charge in [0.15, 0.2) is 11.2 Å². The van der Waals surface area contributed by atoms with Gasteiger partial charge in [-0.3, -0.25) is 9.78 Å². The lowest BCUT2D eigenvalue weighted by Crippen LogP contribution is -2.15. The quantitative estimate of drug-likeness (QED) is 0.547. The van der Waals surface area contributed by atoms with Gasteiger partial charge >= 0.3 is 0 Å². The Morgan fingerprint density at radius 2 is 2.14 bits per heavy atom. The van der Waals surface area contributed by atoms with Crippen LogP contribution in [0.5, 0.6) is 5.88 Å². The fraction of sp³-hybridized carbons (Fsp3) is 0.400. The number of pyridine rings is 2. The molecule has 0 atom stereocenters. The van der Waals surface area contributed by atoms with Crippen molar-refractivity contribution in [2.24, 2.45) is 13.0 Å². The summed E-state index contributed by atoms with van der Waals surface area (Å²) < 4.78 is 7.86. The third-order valence-corrected chi connectivity index (χ3v) is 5.44. The first-order chi connectivity index (χ1) is 13.8. The van der Waals surface area contributed by atoms with Crippen LogP contribution in [0, 0.1) is 5.92 Å². The average molecular weight is 377 g/mol. The molecule has 2 N–H and O–H groups in total. The maximum Gasteiger partial charge on any atom is 0.259 e. The fourth-order valence-electron chi connectivity index (χ4n) is 3.91. The van der Waals surface area contributed by atoms with E-state index in [4.69, 9.17) is 4.74 Å². The van der Waals surface area contributed by atoms with Crippen molar-refractivity contribution in [3.63, 3.8) is 0 Å². The second kappa shape index (κ2) is 7.10. The molecule has 0 spiro atoms. The topological polar surface area (TPSA) is 93.5 Å². The van der Waals surface area contributed by atoms with Gasteiger partial charge < -0.3 is 10.1 Å². The number of fused-ring (bicyclic) bond motifs is 2. The number of H-pyrrole nitrogens is 1. The molecule has 0 saturated heterocycles. The van der Waals surface area contributed by atoms with Crippen molar-refractivity contribution in [1.82, 2.24) is 29.9 Å². The smallest absolute Gasteiger partial charge is 0.259 e. The Morgan fingerprint density at radius 1 is 1.25 bits per heavy atom. The minimum Gasteiger partial charge on any atom is -0.475 e. The van der Waals surface area contributed by atoms with Gasteiger partial charge in [0, 0.05) is 13.2 Å². The van der Waals surface area contributed by atoms with Crippen LogP contribution in [-0.2, 0) is 7.05 Å². The molecule has 0 aliphatic heterocycles. The summed E-state index contributed by atoms with van der Waals surface area (Å²) in [6, 6.07) is 5.88. The molecule has 4 heterocycles. The van der Waals surface area contributed by atoms with E-state index in [2.05, 4.69) is 30.6 Å². The van der Waals surface area contributed by atoms with Crippen LogP contribution in [0.1, 0.15) is 32.1 Å². The largest absolute Gasteiger partial charge is 0.475 e. The van der Waals surface area contributed by atoms with E-state index in [1.807, 2.05) is 29.9 Å². The standard InChI is InChI=1S/C20H23N7O/c1-27-16-10-14(23-19-15-8-5-9-21-18(15)24-25-19)11-22-17(16)20(26-27)28-12-13-6-3-2-4-7-13/h5,8-11,13H,2-4,6-7,12H2,1H3,(H2,21,23,24,25). The first-order valence-electron chi connectivity index (χ1n) is 9.79. The van der Waals surface area contributed by atoms with Crippen molar-refractivity contribution in [3.8, 4) is 5.88 Å². The first kappa shape index (κ1) is 17.0. The average Bonchev–Trinajstić information content (AvgIpc) is 3.28. The van der Waals surface area contributed by atoms with E-state index in [1.54, 1.807) is 12.4 Å². The lowest BCUT2D eigenvalue weighted by molar-refractivity contribution is 0.203. The predicted octanol–water partition coefficient (Wildman–Crippen LogP) is 3.94. The Kier molecular flexibility index (Phi) is 4.31. The Balaban J connectivity index is 1.38. The molecule has 1 saturated carbocycles. The van der Waals surface area contributed by atoms with Gasteiger partial charge in [0.1, 0.15) is 5.82 Å². The minimum absolute atomic E-state index is 0.616. The number of ether oxygens (including phenoxy) is 1. The molecule has 0 radical (unpaired) electrons. The van der Waals surface area contributed by atoms with Crippen LogP contribution in [0.2, 0.25) is 0 Å². The van der Waals surface area contributed by atoms with Gasteiger partial charge in [-0.2, -0.15) is 5.10 Å². The van der Waals surface area contributed by atoms with Gasteiger partial charge in [0.25, 0.3) is 5.88 Å². The Hall–Kier alpha value is -3.16. The molecule has 8 heteroatoms. The van der Waals surface area contributed by atoms with E-state index in [0.29, 0.717) is 17.4 Å². The summed E-state index contributed by atoms with van der Waals surface area (Å²) in [6.07, 6.45) is 9.98. The van der Waals surface area contributed by atoms with E-state index in [9.17, 15) is 0 Å². The zero-order valence-electron chi connectivity index (χ0n) is 15.9. The van der Waals surface area contributed by atoms with Gasteiger partial charge in [-0.25, -0.2) is 9.97 Å². The van der Waals surface area contributed by atoms with Crippen molar-refractivity contribution in [2.45, 2.75) is 32.1 Å². The molecular weight excluding hydrogens is 354 g/mol. The van der Waals surface area contributed by atoms with Gasteiger partial charge in [-0.15, -0.1) is 5.10 Å². The molecule has 8 nitrogen and oxygen atoms in total. The zero-order valence-corrected chi connectivity index (χ0v) is 15.9. The molecule has 1 aliphatic carbocycles. The number of rotatable bonds is 5. The Labute approximate surface area is 162 Å². The third kappa shape index (κ3) is 3.15. The summed E-state index contributed by atoms with van der Waals surface area (Å²) in [5, 5.41) is 16.0. The van der Waals surface area contributed by atoms with Crippen LogP contribution in [0.4, 0.5) is 11.5 Å². The van der Waals surface area contributed by atoms with E-state index in [0.717, 1.165) is 34.5 Å². The molecular formula is C20H23N7O. The molecule has 0 amide bonds. The van der Waals surface area contributed by atoms with E-state index in [-0.39, 0.29) is 0 Å². The van der Waals surface area contributed by atoms with Crippen LogP contribution >= 0.6 is 0 Å². The number of hydrogen-bond donors (Lipinski definition) is 2. The lowest BCUT2D eigenvalue weighted by atomic mass is 9.90. The normalized spacial score (nSPS) is 15.3. The van der Waals surface area contributed by atoms with Gasteiger partial charge in [0.05, 0.1) is 29.4 Å². The summed E-state index contributed by atoms with van der Waals surface area (Å²) in [4.78, 5) is 8.85. The van der Waals surface area contributed by atoms with E-state index in [1.165, 1.54) is 32.1 Å². The second-order valence-electron chi connectivity index (χ2n) is 7.43. The lowest BCUT2D eigenvalue weighted by Gasteiger charge is -2.20. The summed E-state index contributed by atoms with van der Waals surface area (Å²) in [5.41, 5.74) is 3.24. The highest BCUT2D eigenvalue weighted by atomic mass is 16.5. The van der Waals surface area contributed by atoms with Crippen LogP contribution in [0.3, 0.4) is 0 Å². The zero-order chi connectivity index (χ0) is 18.9. The number of aryl methyl sites for hydroxylation is 1. The van der Waals surface area contributed by atoms with Crippen LogP contribution < -0.4 is 10.1 Å². The summed E-state index contributed by atoms with van der Waals surface area (Å²) in [5.74, 6) is 2.04. The number of aromatic nitrogens is 6. The number of hydrogen-bond acceptors (Lipinski definition) is 6. The number of aromatic amines is 1. The highest BCUT2D eigenvalue weighted by Gasteiger charge is 2.17. The molecule has 1 fully saturated rings. The van der Waals surface area contributed by atoms with Crippen LogP contribution in [0.15, 0.2) is 30.6 Å². The van der Waals surface area contributed by atoms with Crippen molar-refractivity contribution < 1.29 is 4.74 Å². The van der Waals surface area contributed by atoms with Crippen molar-refractivity contribution in [1.29, 1.82) is 0 Å². The highest BCUT2D eigenvalue weighted by Crippen LogP contribution is 2.29. The second-order valence-corrected chi connectivity index (χ2v) is 7.43.